The lowest BCUT2D eigenvalue weighted by Crippen LogP contribution is -2.56. The van der Waals surface area contributed by atoms with Crippen molar-refractivity contribution in [1.82, 2.24) is 0 Å². The first kappa shape index (κ1) is 15.5. The van der Waals surface area contributed by atoms with Gasteiger partial charge in [0.25, 0.3) is 0 Å². The van der Waals surface area contributed by atoms with E-state index in [4.69, 9.17) is 0 Å². The van der Waals surface area contributed by atoms with Crippen molar-refractivity contribution in [3.8, 4) is 0 Å². The third-order valence-electron chi connectivity index (χ3n) is 9.49. The van der Waals surface area contributed by atoms with Crippen LogP contribution in [0.15, 0.2) is 0 Å². The minimum Gasteiger partial charge on any atom is -0.389 e. The topological polar surface area (TPSA) is 20.2 Å². The molecule has 0 amide bonds. The summed E-state index contributed by atoms with van der Waals surface area (Å²) in [6.07, 6.45) is 14.9. The first-order valence-corrected chi connectivity index (χ1v) is 10.2. The monoisotopic (exact) mass is 304 g/mol. The number of aliphatic hydroxyl groups is 1. The highest BCUT2D eigenvalue weighted by Crippen LogP contribution is 2.68. The summed E-state index contributed by atoms with van der Waals surface area (Å²) < 4.78 is 0. The summed E-state index contributed by atoms with van der Waals surface area (Å²) in [5.41, 5.74) is 0.475. The highest BCUT2D eigenvalue weighted by atomic mass is 16.3. The second-order valence-electron chi connectivity index (χ2n) is 9.78. The van der Waals surface area contributed by atoms with E-state index in [1.807, 2.05) is 0 Å². The Morgan fingerprint density at radius 2 is 1.64 bits per heavy atom. The Labute approximate surface area is 137 Å². The zero-order valence-electron chi connectivity index (χ0n) is 15.0. The van der Waals surface area contributed by atoms with Crippen molar-refractivity contribution in [3.63, 3.8) is 0 Å². The van der Waals surface area contributed by atoms with Gasteiger partial charge in [-0.15, -0.1) is 0 Å². The molecular weight excluding hydrogens is 268 g/mol. The van der Waals surface area contributed by atoms with E-state index >= 15 is 0 Å². The van der Waals surface area contributed by atoms with Crippen molar-refractivity contribution in [3.05, 3.63) is 0 Å². The lowest BCUT2D eigenvalue weighted by atomic mass is 9.44. The lowest BCUT2D eigenvalue weighted by Gasteiger charge is -2.61. The maximum Gasteiger partial charge on any atom is 0.0701 e. The van der Waals surface area contributed by atoms with Gasteiger partial charge in [0.1, 0.15) is 0 Å². The normalized spacial score (nSPS) is 57.8. The van der Waals surface area contributed by atoms with E-state index in [0.717, 1.165) is 36.5 Å². The van der Waals surface area contributed by atoms with Crippen molar-refractivity contribution in [2.45, 2.75) is 97.0 Å². The molecule has 4 fully saturated rings. The van der Waals surface area contributed by atoms with Gasteiger partial charge >= 0.3 is 0 Å². The van der Waals surface area contributed by atoms with Crippen LogP contribution >= 0.6 is 0 Å². The van der Waals surface area contributed by atoms with E-state index in [1.54, 1.807) is 0 Å². The Kier molecular flexibility index (Phi) is 3.50. The molecule has 4 aliphatic carbocycles. The van der Waals surface area contributed by atoms with E-state index in [-0.39, 0.29) is 11.0 Å². The number of hydrogen-bond acceptors (Lipinski definition) is 1. The molecule has 126 valence electrons. The molecule has 0 heterocycles. The Morgan fingerprint density at radius 1 is 0.864 bits per heavy atom. The van der Waals surface area contributed by atoms with Gasteiger partial charge in [0.2, 0.25) is 0 Å². The minimum absolute atomic E-state index is 0.209. The van der Waals surface area contributed by atoms with Gasteiger partial charge in [-0.2, -0.15) is 0 Å². The Hall–Kier alpha value is -0.0400. The molecule has 22 heavy (non-hydrogen) atoms. The maximum atomic E-state index is 11.2. The van der Waals surface area contributed by atoms with Gasteiger partial charge in [0, 0.05) is 0 Å². The third-order valence-corrected chi connectivity index (χ3v) is 9.49. The molecule has 0 saturated heterocycles. The van der Waals surface area contributed by atoms with Crippen molar-refractivity contribution in [1.29, 1.82) is 0 Å². The van der Waals surface area contributed by atoms with Gasteiger partial charge in [-0.3, -0.25) is 0 Å². The number of fused-ring (bicyclic) bond motifs is 5. The van der Waals surface area contributed by atoms with Crippen molar-refractivity contribution < 1.29 is 5.11 Å². The second-order valence-corrected chi connectivity index (χ2v) is 9.78. The van der Waals surface area contributed by atoms with Crippen LogP contribution in [0.4, 0.5) is 0 Å². The molecule has 0 radical (unpaired) electrons. The molecule has 1 heteroatoms. The molecule has 4 rings (SSSR count). The van der Waals surface area contributed by atoms with Crippen LogP contribution < -0.4 is 0 Å². The predicted octanol–water partition coefficient (Wildman–Crippen LogP) is 5.56. The Bertz CT molecular complexity index is 443. The lowest BCUT2D eigenvalue weighted by molar-refractivity contribution is -0.152. The Morgan fingerprint density at radius 3 is 2.41 bits per heavy atom. The third kappa shape index (κ3) is 1.81. The zero-order valence-corrected chi connectivity index (χ0v) is 15.0. The molecule has 1 N–H and O–H groups in total. The summed E-state index contributed by atoms with van der Waals surface area (Å²) in [6.45, 7) is 7.30. The average molecular weight is 305 g/mol. The van der Waals surface area contributed by atoms with E-state index in [0.29, 0.717) is 5.41 Å². The maximum absolute atomic E-state index is 11.2. The van der Waals surface area contributed by atoms with Crippen LogP contribution in [0.1, 0.15) is 91.4 Å². The van der Waals surface area contributed by atoms with Crippen LogP contribution in [-0.2, 0) is 0 Å². The van der Waals surface area contributed by atoms with Crippen LogP contribution in [0.2, 0.25) is 0 Å². The summed E-state index contributed by atoms with van der Waals surface area (Å²) in [5.74, 6) is 3.69. The molecule has 4 saturated carbocycles. The van der Waals surface area contributed by atoms with Gasteiger partial charge in [-0.05, 0) is 92.3 Å². The van der Waals surface area contributed by atoms with Crippen LogP contribution in [0, 0.1) is 34.5 Å². The summed E-state index contributed by atoms with van der Waals surface area (Å²) in [7, 11) is 0. The fourth-order valence-corrected chi connectivity index (χ4v) is 7.99. The first-order chi connectivity index (χ1) is 10.4. The molecule has 0 aromatic rings. The zero-order chi connectivity index (χ0) is 15.6. The molecular formula is C21H36O. The predicted molar refractivity (Wildman–Crippen MR) is 91.6 cm³/mol. The van der Waals surface area contributed by atoms with Gasteiger partial charge in [0.15, 0.2) is 0 Å². The minimum atomic E-state index is -0.368. The molecule has 0 aromatic heterocycles. The molecule has 0 aliphatic heterocycles. The van der Waals surface area contributed by atoms with Crippen LogP contribution in [0.3, 0.4) is 0 Å². The summed E-state index contributed by atoms with van der Waals surface area (Å²) in [4.78, 5) is 0. The van der Waals surface area contributed by atoms with E-state index < -0.39 is 0 Å². The SMILES string of the molecule is CC[C@@]1(O)CC[C@H]2[C@@H]3CCC4CCCC[C@]4(C)[C@H]3CC[C@@]21C. The van der Waals surface area contributed by atoms with Crippen molar-refractivity contribution in [2.75, 3.05) is 0 Å². The van der Waals surface area contributed by atoms with E-state index in [2.05, 4.69) is 20.8 Å². The van der Waals surface area contributed by atoms with E-state index in [1.165, 1.54) is 57.8 Å². The average Bonchev–Trinajstić information content (AvgIpc) is 2.79. The standard InChI is InChI=1S/C21H36O/c1-4-21(22)14-11-18-16-9-8-15-7-5-6-12-19(15,2)17(16)10-13-20(18,21)3/h15-18,22H,4-14H2,1-3H3/t15?,16-,17+,18+,19+,20+,21-/m1/s1. The van der Waals surface area contributed by atoms with Crippen LogP contribution in [0.5, 0.6) is 0 Å². The van der Waals surface area contributed by atoms with Gasteiger partial charge in [-0.1, -0.05) is 33.6 Å². The molecule has 0 spiro atoms. The largest absolute Gasteiger partial charge is 0.389 e. The van der Waals surface area contributed by atoms with E-state index in [9.17, 15) is 5.11 Å². The summed E-state index contributed by atoms with van der Waals surface area (Å²) >= 11 is 0. The molecule has 1 nitrogen and oxygen atoms in total. The van der Waals surface area contributed by atoms with Gasteiger partial charge in [0.05, 0.1) is 5.60 Å². The van der Waals surface area contributed by atoms with Gasteiger partial charge < -0.3 is 5.11 Å². The van der Waals surface area contributed by atoms with Crippen LogP contribution in [-0.4, -0.2) is 10.7 Å². The summed E-state index contributed by atoms with van der Waals surface area (Å²) in [6, 6.07) is 0. The molecule has 7 atom stereocenters. The highest BCUT2D eigenvalue weighted by Gasteiger charge is 2.63. The highest BCUT2D eigenvalue weighted by molar-refractivity contribution is 5.13. The number of hydrogen-bond donors (Lipinski definition) is 1. The van der Waals surface area contributed by atoms with Crippen molar-refractivity contribution >= 4 is 0 Å². The van der Waals surface area contributed by atoms with Gasteiger partial charge in [-0.25, -0.2) is 0 Å². The van der Waals surface area contributed by atoms with Crippen molar-refractivity contribution in [2.24, 2.45) is 34.5 Å². The fourth-order valence-electron chi connectivity index (χ4n) is 7.99. The number of rotatable bonds is 1. The second kappa shape index (κ2) is 4.98. The Balaban J connectivity index is 1.65. The quantitative estimate of drug-likeness (QED) is 0.672. The fraction of sp³-hybridized carbons (Fsp3) is 1.00. The molecule has 4 aliphatic rings. The molecule has 1 unspecified atom stereocenters. The first-order valence-electron chi connectivity index (χ1n) is 10.2. The molecule has 0 aromatic carbocycles. The summed E-state index contributed by atoms with van der Waals surface area (Å²) in [5, 5.41) is 11.2. The smallest absolute Gasteiger partial charge is 0.0701 e. The molecule has 0 bridgehead atoms. The van der Waals surface area contributed by atoms with Crippen LogP contribution in [0.25, 0.3) is 0 Å².